The predicted octanol–water partition coefficient (Wildman–Crippen LogP) is 4.27. The minimum atomic E-state index is -3.56. The average molecular weight is 499 g/mol. The van der Waals surface area contributed by atoms with E-state index in [0.717, 1.165) is 34.3 Å². The van der Waals surface area contributed by atoms with E-state index < -0.39 is 22.2 Å². The standard InChI is InChI=1S/C27H30O7S/c1-3-32-26(27(28)29)19-22-11-14-25(23(18-22)17-21-7-5-4-6-8-21)33-16-15-20-9-12-24(13-10-20)34-35(2,30)31/h4-14,18,26H,3,15-17,19H2,1-2H3,(H,28,29)/t26-/m0/s1. The highest BCUT2D eigenvalue weighted by Gasteiger charge is 2.19. The Morgan fingerprint density at radius 2 is 1.63 bits per heavy atom. The monoisotopic (exact) mass is 498 g/mol. The molecule has 3 rings (SSSR count). The van der Waals surface area contributed by atoms with Crippen LogP contribution in [0.5, 0.6) is 11.5 Å². The van der Waals surface area contributed by atoms with Crippen molar-refractivity contribution in [2.24, 2.45) is 0 Å². The van der Waals surface area contributed by atoms with Gasteiger partial charge in [-0.05, 0) is 47.4 Å². The molecule has 1 atom stereocenters. The summed E-state index contributed by atoms with van der Waals surface area (Å²) in [6.45, 7) is 2.53. The fourth-order valence-electron chi connectivity index (χ4n) is 3.65. The maximum atomic E-state index is 11.5. The lowest BCUT2D eigenvalue weighted by Crippen LogP contribution is -2.26. The number of carbonyl (C=O) groups is 1. The lowest BCUT2D eigenvalue weighted by molar-refractivity contribution is -0.149. The molecule has 3 aromatic carbocycles. The third-order valence-electron chi connectivity index (χ3n) is 5.25. The molecule has 1 N–H and O–H groups in total. The fourth-order valence-corrected chi connectivity index (χ4v) is 4.11. The number of benzene rings is 3. The molecular formula is C27H30O7S. The number of carboxylic acids is 1. The highest BCUT2D eigenvalue weighted by Crippen LogP contribution is 2.25. The van der Waals surface area contributed by atoms with Crippen LogP contribution in [0.25, 0.3) is 0 Å². The Bertz CT molecular complexity index is 1210. The van der Waals surface area contributed by atoms with Crippen molar-refractivity contribution in [1.29, 1.82) is 0 Å². The van der Waals surface area contributed by atoms with E-state index >= 15 is 0 Å². The van der Waals surface area contributed by atoms with E-state index in [1.807, 2.05) is 48.5 Å². The minimum Gasteiger partial charge on any atom is -0.493 e. The highest BCUT2D eigenvalue weighted by molar-refractivity contribution is 7.86. The molecule has 35 heavy (non-hydrogen) atoms. The van der Waals surface area contributed by atoms with E-state index in [1.54, 1.807) is 31.2 Å². The van der Waals surface area contributed by atoms with Gasteiger partial charge >= 0.3 is 16.1 Å². The fraction of sp³-hybridized carbons (Fsp3) is 0.296. The summed E-state index contributed by atoms with van der Waals surface area (Å²) in [5.74, 6) is 0.0206. The lowest BCUT2D eigenvalue weighted by atomic mass is 9.99. The van der Waals surface area contributed by atoms with Crippen LogP contribution in [-0.4, -0.2) is 45.1 Å². The molecule has 7 nitrogen and oxygen atoms in total. The summed E-state index contributed by atoms with van der Waals surface area (Å²) in [5, 5.41) is 9.43. The largest absolute Gasteiger partial charge is 0.493 e. The van der Waals surface area contributed by atoms with Crippen molar-refractivity contribution in [3.8, 4) is 11.5 Å². The van der Waals surface area contributed by atoms with Crippen molar-refractivity contribution in [3.05, 3.63) is 95.1 Å². The van der Waals surface area contributed by atoms with Crippen LogP contribution in [0.15, 0.2) is 72.8 Å². The van der Waals surface area contributed by atoms with Crippen molar-refractivity contribution in [2.45, 2.75) is 32.3 Å². The maximum absolute atomic E-state index is 11.5. The quantitative estimate of drug-likeness (QED) is 0.351. The SMILES string of the molecule is CCO[C@@H](Cc1ccc(OCCc2ccc(OS(C)(=O)=O)cc2)c(Cc2ccccc2)c1)C(=O)O. The number of hydrogen-bond acceptors (Lipinski definition) is 6. The van der Waals surface area contributed by atoms with E-state index in [1.165, 1.54) is 0 Å². The zero-order chi connectivity index (χ0) is 25.3. The first-order chi connectivity index (χ1) is 16.7. The van der Waals surface area contributed by atoms with Gasteiger partial charge in [0.2, 0.25) is 0 Å². The van der Waals surface area contributed by atoms with Gasteiger partial charge in [-0.2, -0.15) is 8.42 Å². The molecule has 0 saturated carbocycles. The molecular weight excluding hydrogens is 468 g/mol. The van der Waals surface area contributed by atoms with Crippen LogP contribution in [0.2, 0.25) is 0 Å². The first-order valence-corrected chi connectivity index (χ1v) is 13.2. The Hall–Kier alpha value is -3.36. The maximum Gasteiger partial charge on any atom is 0.333 e. The van der Waals surface area contributed by atoms with Crippen LogP contribution in [0.4, 0.5) is 0 Å². The van der Waals surface area contributed by atoms with Crippen molar-refractivity contribution >= 4 is 16.1 Å². The Balaban J connectivity index is 1.71. The van der Waals surface area contributed by atoms with E-state index in [0.29, 0.717) is 26.1 Å². The molecule has 0 amide bonds. The summed E-state index contributed by atoms with van der Waals surface area (Å²) in [5.41, 5.74) is 3.93. The van der Waals surface area contributed by atoms with Gasteiger partial charge in [0.1, 0.15) is 11.5 Å². The third kappa shape index (κ3) is 8.73. The molecule has 0 aliphatic heterocycles. The van der Waals surface area contributed by atoms with Crippen LogP contribution >= 0.6 is 0 Å². The van der Waals surface area contributed by atoms with Crippen molar-refractivity contribution < 1.29 is 32.0 Å². The second-order valence-electron chi connectivity index (χ2n) is 8.12. The van der Waals surface area contributed by atoms with Gasteiger partial charge in [0.05, 0.1) is 12.9 Å². The molecule has 0 fully saturated rings. The van der Waals surface area contributed by atoms with Gasteiger partial charge in [-0.1, -0.05) is 54.6 Å². The average Bonchev–Trinajstić information content (AvgIpc) is 2.81. The van der Waals surface area contributed by atoms with E-state index in [-0.39, 0.29) is 12.2 Å². The Labute approximate surface area is 206 Å². The van der Waals surface area contributed by atoms with Crippen LogP contribution in [-0.2, 0) is 38.9 Å². The molecule has 3 aromatic rings. The Kier molecular flexibility index (Phi) is 9.28. The van der Waals surface area contributed by atoms with Crippen molar-refractivity contribution in [3.63, 3.8) is 0 Å². The second-order valence-corrected chi connectivity index (χ2v) is 9.70. The van der Waals surface area contributed by atoms with E-state index in [4.69, 9.17) is 13.7 Å². The first-order valence-electron chi connectivity index (χ1n) is 11.3. The zero-order valence-corrected chi connectivity index (χ0v) is 20.7. The summed E-state index contributed by atoms with van der Waals surface area (Å²) in [6, 6.07) is 22.6. The number of hydrogen-bond donors (Lipinski definition) is 1. The molecule has 0 aliphatic carbocycles. The van der Waals surface area contributed by atoms with Gasteiger partial charge in [0, 0.05) is 25.9 Å². The van der Waals surface area contributed by atoms with Crippen molar-refractivity contribution in [1.82, 2.24) is 0 Å². The molecule has 0 saturated heterocycles. The Morgan fingerprint density at radius 1 is 0.943 bits per heavy atom. The van der Waals surface area contributed by atoms with Gasteiger partial charge in [0.25, 0.3) is 0 Å². The summed E-state index contributed by atoms with van der Waals surface area (Å²) in [7, 11) is -3.56. The topological polar surface area (TPSA) is 99.1 Å². The summed E-state index contributed by atoms with van der Waals surface area (Å²) >= 11 is 0. The van der Waals surface area contributed by atoms with Gasteiger partial charge < -0.3 is 18.8 Å². The molecule has 8 heteroatoms. The predicted molar refractivity (Wildman–Crippen MR) is 134 cm³/mol. The van der Waals surface area contributed by atoms with Gasteiger partial charge in [-0.25, -0.2) is 4.79 Å². The minimum absolute atomic E-state index is 0.268. The van der Waals surface area contributed by atoms with E-state index in [2.05, 4.69) is 0 Å². The van der Waals surface area contributed by atoms with Crippen LogP contribution in [0.3, 0.4) is 0 Å². The highest BCUT2D eigenvalue weighted by atomic mass is 32.2. The number of ether oxygens (including phenoxy) is 2. The van der Waals surface area contributed by atoms with Crippen LogP contribution < -0.4 is 8.92 Å². The van der Waals surface area contributed by atoms with E-state index in [9.17, 15) is 18.3 Å². The third-order valence-corrected chi connectivity index (χ3v) is 5.74. The molecule has 0 spiro atoms. The number of rotatable bonds is 13. The van der Waals surface area contributed by atoms with Crippen LogP contribution in [0.1, 0.15) is 29.2 Å². The molecule has 0 radical (unpaired) electrons. The first kappa shape index (κ1) is 26.2. The summed E-state index contributed by atoms with van der Waals surface area (Å²) < 4.78 is 38.8. The smallest absolute Gasteiger partial charge is 0.333 e. The molecule has 186 valence electrons. The van der Waals surface area contributed by atoms with Gasteiger partial charge in [-0.15, -0.1) is 0 Å². The molecule has 0 bridgehead atoms. The number of carboxylic acid groups (broad SMARTS) is 1. The van der Waals surface area contributed by atoms with Crippen molar-refractivity contribution in [2.75, 3.05) is 19.5 Å². The lowest BCUT2D eigenvalue weighted by Gasteiger charge is -2.16. The molecule has 0 heterocycles. The summed E-state index contributed by atoms with van der Waals surface area (Å²) in [6.07, 6.45) is 1.65. The molecule has 0 aromatic heterocycles. The molecule has 0 aliphatic rings. The molecule has 0 unspecified atom stereocenters. The Morgan fingerprint density at radius 3 is 2.26 bits per heavy atom. The normalized spacial score (nSPS) is 12.2. The van der Waals surface area contributed by atoms with Gasteiger partial charge in [0.15, 0.2) is 6.10 Å². The second kappa shape index (κ2) is 12.4. The van der Waals surface area contributed by atoms with Crippen LogP contribution in [0, 0.1) is 0 Å². The number of aliphatic carboxylic acids is 1. The van der Waals surface area contributed by atoms with Gasteiger partial charge in [-0.3, -0.25) is 0 Å². The zero-order valence-electron chi connectivity index (χ0n) is 19.8. The summed E-state index contributed by atoms with van der Waals surface area (Å²) in [4.78, 5) is 11.5.